The van der Waals surface area contributed by atoms with Crippen LogP contribution >= 0.6 is 11.8 Å². The number of morpholine rings is 1. The van der Waals surface area contributed by atoms with Gasteiger partial charge in [0.05, 0.1) is 29.9 Å². The number of hydrogen-bond donors (Lipinski definition) is 0. The van der Waals surface area contributed by atoms with Crippen LogP contribution in [0.1, 0.15) is 58.9 Å². The molecular weight excluding hydrogens is 462 g/mol. The number of carbonyl (C=O) groups is 2. The molecule has 0 N–H and O–H groups in total. The lowest BCUT2D eigenvalue weighted by atomic mass is 9.95. The number of aromatic nitrogens is 2. The van der Waals surface area contributed by atoms with Crippen molar-refractivity contribution in [3.05, 3.63) is 70.0 Å². The fourth-order valence-corrected chi connectivity index (χ4v) is 5.82. The van der Waals surface area contributed by atoms with Crippen LogP contribution in [0.15, 0.2) is 58.5 Å². The second-order valence-electron chi connectivity index (χ2n) is 9.08. The molecule has 5 rings (SSSR count). The van der Waals surface area contributed by atoms with Gasteiger partial charge in [0.25, 0.3) is 11.5 Å². The molecule has 1 aliphatic heterocycles. The lowest BCUT2D eigenvalue weighted by Crippen LogP contribution is -2.40. The van der Waals surface area contributed by atoms with E-state index in [4.69, 9.17) is 9.72 Å². The van der Waals surface area contributed by atoms with Gasteiger partial charge in [0, 0.05) is 30.3 Å². The second-order valence-corrected chi connectivity index (χ2v) is 10.0. The maximum Gasteiger partial charge on any atom is 0.262 e. The molecule has 1 saturated carbocycles. The van der Waals surface area contributed by atoms with Crippen molar-refractivity contribution < 1.29 is 14.3 Å². The van der Waals surface area contributed by atoms with E-state index in [1.165, 1.54) is 18.2 Å². The molecule has 0 spiro atoms. The third-order valence-corrected chi connectivity index (χ3v) is 7.74. The molecule has 8 heteroatoms. The first-order valence-electron chi connectivity index (χ1n) is 12.3. The van der Waals surface area contributed by atoms with Crippen LogP contribution in [0.5, 0.6) is 0 Å². The molecule has 2 heterocycles. The smallest absolute Gasteiger partial charge is 0.262 e. The molecule has 2 aliphatic rings. The Kier molecular flexibility index (Phi) is 7.29. The molecule has 1 saturated heterocycles. The highest BCUT2D eigenvalue weighted by Crippen LogP contribution is 2.31. The Morgan fingerprint density at radius 2 is 1.71 bits per heavy atom. The zero-order valence-corrected chi connectivity index (χ0v) is 20.5. The summed E-state index contributed by atoms with van der Waals surface area (Å²) in [7, 11) is 0. The lowest BCUT2D eigenvalue weighted by Gasteiger charge is -2.27. The minimum atomic E-state index is -0.0954. The van der Waals surface area contributed by atoms with Crippen LogP contribution in [0, 0.1) is 0 Å². The summed E-state index contributed by atoms with van der Waals surface area (Å²) >= 11 is 1.31. The fraction of sp³-hybridized carbons (Fsp3) is 0.407. The second kappa shape index (κ2) is 10.7. The summed E-state index contributed by atoms with van der Waals surface area (Å²) in [6.45, 7) is 2.16. The predicted molar refractivity (Wildman–Crippen MR) is 136 cm³/mol. The van der Waals surface area contributed by atoms with Gasteiger partial charge in [-0.2, -0.15) is 0 Å². The maximum atomic E-state index is 13.7. The molecular formula is C27H29N3O4S. The van der Waals surface area contributed by atoms with Gasteiger partial charge in [0.2, 0.25) is 0 Å². The molecule has 1 aromatic heterocycles. The van der Waals surface area contributed by atoms with Crippen molar-refractivity contribution in [1.82, 2.24) is 14.5 Å². The maximum absolute atomic E-state index is 13.7. The number of nitrogens with zero attached hydrogens (tertiary/aromatic N) is 3. The van der Waals surface area contributed by atoms with Crippen LogP contribution in [-0.4, -0.2) is 58.2 Å². The van der Waals surface area contributed by atoms with Gasteiger partial charge in [-0.1, -0.05) is 61.4 Å². The van der Waals surface area contributed by atoms with Crippen LogP contribution in [-0.2, 0) is 4.74 Å². The Hall–Kier alpha value is -2.97. The van der Waals surface area contributed by atoms with E-state index < -0.39 is 0 Å². The molecule has 7 nitrogen and oxygen atoms in total. The van der Waals surface area contributed by atoms with Gasteiger partial charge in [-0.05, 0) is 31.0 Å². The SMILES string of the molecule is O=C(CSc1nc2cc(C(=O)N3CCOCC3)ccc2c(=O)n1C1CCCCC1)c1ccccc1. The summed E-state index contributed by atoms with van der Waals surface area (Å²) in [4.78, 5) is 46.1. The summed E-state index contributed by atoms with van der Waals surface area (Å²) in [5, 5.41) is 1.06. The zero-order valence-electron chi connectivity index (χ0n) is 19.7. The Morgan fingerprint density at radius 1 is 0.971 bits per heavy atom. The monoisotopic (exact) mass is 491 g/mol. The van der Waals surface area contributed by atoms with E-state index in [0.29, 0.717) is 53.5 Å². The number of ether oxygens (including phenoxy) is 1. The van der Waals surface area contributed by atoms with Gasteiger partial charge < -0.3 is 9.64 Å². The number of amides is 1. The molecule has 2 fully saturated rings. The first-order valence-corrected chi connectivity index (χ1v) is 13.2. The average molecular weight is 492 g/mol. The molecule has 0 unspecified atom stereocenters. The molecule has 35 heavy (non-hydrogen) atoms. The number of rotatable bonds is 6. The molecule has 1 amide bonds. The average Bonchev–Trinajstić information content (AvgIpc) is 2.92. The van der Waals surface area contributed by atoms with E-state index in [2.05, 4.69) is 0 Å². The van der Waals surface area contributed by atoms with Crippen molar-refractivity contribution in [2.75, 3.05) is 32.1 Å². The summed E-state index contributed by atoms with van der Waals surface area (Å²) in [5.41, 5.74) is 1.56. The van der Waals surface area contributed by atoms with E-state index in [9.17, 15) is 14.4 Å². The molecule has 0 bridgehead atoms. The van der Waals surface area contributed by atoms with Gasteiger partial charge in [-0.25, -0.2) is 4.98 Å². The van der Waals surface area contributed by atoms with Gasteiger partial charge in [0.1, 0.15) is 0 Å². The number of ketones is 1. The number of benzene rings is 2. The fourth-order valence-electron chi connectivity index (χ4n) is 4.86. The van der Waals surface area contributed by atoms with Crippen LogP contribution in [0.2, 0.25) is 0 Å². The summed E-state index contributed by atoms with van der Waals surface area (Å²) in [6.07, 6.45) is 5.19. The highest BCUT2D eigenvalue weighted by atomic mass is 32.2. The number of hydrogen-bond acceptors (Lipinski definition) is 6. The minimum Gasteiger partial charge on any atom is -0.378 e. The third-order valence-electron chi connectivity index (χ3n) is 6.78. The molecule has 2 aromatic carbocycles. The highest BCUT2D eigenvalue weighted by Gasteiger charge is 2.24. The first-order chi connectivity index (χ1) is 17.1. The quantitative estimate of drug-likeness (QED) is 0.290. The van der Waals surface area contributed by atoms with Crippen molar-refractivity contribution in [2.24, 2.45) is 0 Å². The topological polar surface area (TPSA) is 81.5 Å². The van der Waals surface area contributed by atoms with E-state index in [-0.39, 0.29) is 29.0 Å². The molecule has 0 radical (unpaired) electrons. The largest absolute Gasteiger partial charge is 0.378 e. The number of thioether (sulfide) groups is 1. The Balaban J connectivity index is 1.50. The van der Waals surface area contributed by atoms with Crippen molar-refractivity contribution >= 4 is 34.4 Å². The Morgan fingerprint density at radius 3 is 2.46 bits per heavy atom. The van der Waals surface area contributed by atoms with Crippen LogP contribution in [0.4, 0.5) is 0 Å². The first kappa shape index (κ1) is 23.8. The van der Waals surface area contributed by atoms with Crippen molar-refractivity contribution in [2.45, 2.75) is 43.3 Å². The van der Waals surface area contributed by atoms with E-state index in [0.717, 1.165) is 25.7 Å². The number of carbonyl (C=O) groups excluding carboxylic acids is 2. The zero-order chi connectivity index (χ0) is 24.2. The standard InChI is InChI=1S/C27H29N3O4S/c31-24(19-7-3-1-4-8-19)18-35-27-28-23-17-20(25(32)29-13-15-34-16-14-29)11-12-22(23)26(33)30(27)21-9-5-2-6-10-21/h1,3-4,7-8,11-12,17,21H,2,5-6,9-10,13-16,18H2. The van der Waals surface area contributed by atoms with Gasteiger partial charge in [-0.15, -0.1) is 0 Å². The Labute approximate surface area is 208 Å². The predicted octanol–water partition coefficient (Wildman–Crippen LogP) is 4.35. The minimum absolute atomic E-state index is 0.00335. The summed E-state index contributed by atoms with van der Waals surface area (Å²) in [5.74, 6) is 0.111. The highest BCUT2D eigenvalue weighted by molar-refractivity contribution is 7.99. The third kappa shape index (κ3) is 5.18. The van der Waals surface area contributed by atoms with Gasteiger partial charge in [-0.3, -0.25) is 19.0 Å². The molecule has 1 aliphatic carbocycles. The van der Waals surface area contributed by atoms with E-state index in [1.54, 1.807) is 39.8 Å². The number of fused-ring (bicyclic) bond motifs is 1. The molecule has 3 aromatic rings. The van der Waals surface area contributed by atoms with Crippen LogP contribution in [0.25, 0.3) is 10.9 Å². The molecule has 0 atom stereocenters. The van der Waals surface area contributed by atoms with E-state index >= 15 is 0 Å². The van der Waals surface area contributed by atoms with E-state index in [1.807, 2.05) is 18.2 Å². The van der Waals surface area contributed by atoms with Crippen molar-refractivity contribution in [3.63, 3.8) is 0 Å². The lowest BCUT2D eigenvalue weighted by molar-refractivity contribution is 0.0303. The Bertz CT molecular complexity index is 1280. The van der Waals surface area contributed by atoms with Crippen molar-refractivity contribution in [1.29, 1.82) is 0 Å². The summed E-state index contributed by atoms with van der Waals surface area (Å²) in [6, 6.07) is 14.4. The summed E-state index contributed by atoms with van der Waals surface area (Å²) < 4.78 is 7.16. The normalized spacial score (nSPS) is 17.0. The van der Waals surface area contributed by atoms with Crippen LogP contribution in [0.3, 0.4) is 0 Å². The number of Topliss-reactive ketones (excluding diaryl/α,β-unsaturated/α-hetero) is 1. The van der Waals surface area contributed by atoms with Crippen molar-refractivity contribution in [3.8, 4) is 0 Å². The molecule has 182 valence electrons. The van der Waals surface area contributed by atoms with Crippen LogP contribution < -0.4 is 5.56 Å². The van der Waals surface area contributed by atoms with Gasteiger partial charge in [0.15, 0.2) is 10.9 Å². The van der Waals surface area contributed by atoms with Gasteiger partial charge >= 0.3 is 0 Å².